The largest absolute Gasteiger partial charge is 0.505 e. The van der Waals surface area contributed by atoms with Crippen molar-refractivity contribution in [3.8, 4) is 11.5 Å². The third-order valence-electron chi connectivity index (χ3n) is 6.90. The molecule has 6 N–H and O–H groups in total. The van der Waals surface area contributed by atoms with Crippen LogP contribution in [0.5, 0.6) is 11.5 Å². The van der Waals surface area contributed by atoms with Gasteiger partial charge in [-0.25, -0.2) is 5.26 Å². The molecule has 0 aliphatic carbocycles. The van der Waals surface area contributed by atoms with E-state index in [1.165, 1.54) is 37.4 Å². The zero-order chi connectivity index (χ0) is 36.9. The van der Waals surface area contributed by atoms with Crippen LogP contribution in [0, 0.1) is 6.92 Å². The van der Waals surface area contributed by atoms with Crippen LogP contribution in [0.15, 0.2) is 124 Å². The van der Waals surface area contributed by atoms with Crippen LogP contribution in [-0.4, -0.2) is 43.4 Å². The van der Waals surface area contributed by atoms with Gasteiger partial charge in [-0.05, 0) is 78.5 Å². The minimum absolute atomic E-state index is 0.0513. The van der Waals surface area contributed by atoms with Gasteiger partial charge in [-0.3, -0.25) is 9.11 Å². The first-order chi connectivity index (χ1) is 24.2. The smallest absolute Gasteiger partial charge is 0.296 e. The Balaban J connectivity index is 1.39. The highest BCUT2D eigenvalue weighted by Gasteiger charge is 2.21. The third kappa shape index (κ3) is 8.68. The number of rotatable bonds is 12. The summed E-state index contributed by atoms with van der Waals surface area (Å²) in [7, 11) is -7.76. The topological polar surface area (TPSA) is 277 Å². The normalized spacial score (nSPS) is 12.5. The van der Waals surface area contributed by atoms with Gasteiger partial charge in [0.15, 0.2) is 5.75 Å². The lowest BCUT2D eigenvalue weighted by Crippen LogP contribution is -2.03. The number of aromatic hydroxyl groups is 1. The van der Waals surface area contributed by atoms with Crippen molar-refractivity contribution in [3.05, 3.63) is 84.4 Å². The average molecular weight is 756 g/mol. The number of hydrogen-bond acceptors (Lipinski definition) is 17. The standard InChI is InChI=1S/C30H25N7O11S3/c1-16-11-18(33-37-29-26(49-48-47-39)12-17-13-28(51(43,44)45)21(31)15-20(17)30(29)38)7-9-22(16)34-35-23-10-8-19(14-25(23)46-2)32-36-24-5-3-4-6-27(24)50(40,41)42/h3-15,38-39H,31H2,1-2H3,(H,40,41,42)(H,43,44,45). The molecule has 0 amide bonds. The van der Waals surface area contributed by atoms with Gasteiger partial charge in [0.05, 0.1) is 46.8 Å². The summed E-state index contributed by atoms with van der Waals surface area (Å²) in [6, 6.07) is 18.6. The first kappa shape index (κ1) is 36.9. The Kier molecular flexibility index (Phi) is 11.0. The number of fused-ring (bicyclic) bond motifs is 1. The van der Waals surface area contributed by atoms with E-state index in [2.05, 4.69) is 40.1 Å². The second-order valence-electron chi connectivity index (χ2n) is 10.3. The minimum atomic E-state index is -4.67. The van der Waals surface area contributed by atoms with Crippen molar-refractivity contribution in [2.24, 2.45) is 30.7 Å². The van der Waals surface area contributed by atoms with Crippen LogP contribution >= 0.6 is 12.0 Å². The number of phenolic OH excluding ortho intramolecular Hbond substituents is 1. The lowest BCUT2D eigenvalue weighted by molar-refractivity contribution is -0.432. The summed E-state index contributed by atoms with van der Waals surface area (Å²) in [5.74, 6) is -0.169. The van der Waals surface area contributed by atoms with Gasteiger partial charge in [0.25, 0.3) is 20.2 Å². The number of benzene rings is 5. The molecule has 51 heavy (non-hydrogen) atoms. The molecule has 0 saturated heterocycles. The number of phenols is 1. The molecular formula is C30H25N7O11S3. The summed E-state index contributed by atoms with van der Waals surface area (Å²) < 4.78 is 75.5. The van der Waals surface area contributed by atoms with Gasteiger partial charge in [0.1, 0.15) is 32.6 Å². The van der Waals surface area contributed by atoms with Crippen LogP contribution in [0.25, 0.3) is 10.8 Å². The summed E-state index contributed by atoms with van der Waals surface area (Å²) in [5.41, 5.74) is 7.37. The molecule has 0 spiro atoms. The Bertz CT molecular complexity index is 2460. The highest BCUT2D eigenvalue weighted by Crippen LogP contribution is 2.45. The SMILES string of the molecule is COc1cc(N=Nc2ccccc2S(=O)(=O)O)ccc1N=Nc1ccc(N=Nc2c(SOOO)cc3cc(S(=O)(=O)O)c(N)cc3c2O)cc1C. The van der Waals surface area contributed by atoms with E-state index in [0.29, 0.717) is 40.4 Å². The van der Waals surface area contributed by atoms with Crippen LogP contribution in [0.1, 0.15) is 5.56 Å². The molecule has 5 rings (SSSR count). The molecule has 21 heteroatoms. The molecule has 0 heterocycles. The highest BCUT2D eigenvalue weighted by atomic mass is 32.2. The van der Waals surface area contributed by atoms with Gasteiger partial charge in [-0.1, -0.05) is 17.2 Å². The number of hydrogen-bond donors (Lipinski definition) is 5. The van der Waals surface area contributed by atoms with Crippen LogP contribution in [0.4, 0.5) is 39.8 Å². The predicted octanol–water partition coefficient (Wildman–Crippen LogP) is 8.61. The van der Waals surface area contributed by atoms with Crippen molar-refractivity contribution < 1.29 is 50.4 Å². The Morgan fingerprint density at radius 3 is 2.02 bits per heavy atom. The molecular weight excluding hydrogens is 731 g/mol. The van der Waals surface area contributed by atoms with Gasteiger partial charge < -0.3 is 15.6 Å². The van der Waals surface area contributed by atoms with E-state index < -0.39 is 35.8 Å². The Morgan fingerprint density at radius 1 is 0.725 bits per heavy atom. The minimum Gasteiger partial charge on any atom is -0.505 e. The van der Waals surface area contributed by atoms with Crippen LogP contribution in [0.3, 0.4) is 0 Å². The van der Waals surface area contributed by atoms with Crippen LogP contribution < -0.4 is 10.5 Å². The summed E-state index contributed by atoms with van der Waals surface area (Å²) in [6.07, 6.45) is 0. The van der Waals surface area contributed by atoms with E-state index in [-0.39, 0.29) is 38.5 Å². The number of azo groups is 3. The van der Waals surface area contributed by atoms with E-state index in [9.17, 15) is 31.0 Å². The van der Waals surface area contributed by atoms with Crippen molar-refractivity contribution in [2.75, 3.05) is 12.8 Å². The van der Waals surface area contributed by atoms with Gasteiger partial charge >= 0.3 is 0 Å². The lowest BCUT2D eigenvalue weighted by atomic mass is 10.1. The van der Waals surface area contributed by atoms with Gasteiger partial charge in [-0.2, -0.15) is 32.2 Å². The number of methoxy groups -OCH3 is 1. The fourth-order valence-electron chi connectivity index (χ4n) is 4.54. The lowest BCUT2D eigenvalue weighted by Gasteiger charge is -2.11. The number of nitrogens with two attached hydrogens (primary N) is 1. The quantitative estimate of drug-likeness (QED) is 0.0199. The average Bonchev–Trinajstić information content (AvgIpc) is 3.08. The molecule has 0 unspecified atom stereocenters. The summed E-state index contributed by atoms with van der Waals surface area (Å²) in [6.45, 7) is 1.75. The van der Waals surface area contributed by atoms with Gasteiger partial charge in [0, 0.05) is 11.5 Å². The molecule has 0 fully saturated rings. The van der Waals surface area contributed by atoms with Crippen molar-refractivity contribution >= 4 is 82.9 Å². The molecule has 5 aromatic carbocycles. The number of ether oxygens (including phenoxy) is 1. The van der Waals surface area contributed by atoms with E-state index in [4.69, 9.17) is 15.7 Å². The monoisotopic (exact) mass is 755 g/mol. The summed E-state index contributed by atoms with van der Waals surface area (Å²) in [4.78, 5) is -0.917. The molecule has 5 aromatic rings. The molecule has 0 saturated carbocycles. The Labute approximate surface area is 293 Å². The number of nitrogens with zero attached hydrogens (tertiary/aromatic N) is 6. The maximum Gasteiger partial charge on any atom is 0.296 e. The molecule has 0 atom stereocenters. The summed E-state index contributed by atoms with van der Waals surface area (Å²) >= 11 is 0.437. The maximum absolute atomic E-state index is 11.7. The number of nitrogen functional groups attached to an aromatic ring is 1. The van der Waals surface area contributed by atoms with Crippen LogP contribution in [0.2, 0.25) is 0 Å². The first-order valence-electron chi connectivity index (χ1n) is 14.0. The van der Waals surface area contributed by atoms with E-state index in [1.807, 2.05) is 0 Å². The molecule has 0 aliphatic rings. The molecule has 264 valence electrons. The fraction of sp³-hybridized carbons (Fsp3) is 0.0667. The van der Waals surface area contributed by atoms with Crippen molar-refractivity contribution in [3.63, 3.8) is 0 Å². The van der Waals surface area contributed by atoms with Crippen molar-refractivity contribution in [1.82, 2.24) is 0 Å². The molecule has 18 nitrogen and oxygen atoms in total. The zero-order valence-electron chi connectivity index (χ0n) is 26.1. The molecule has 0 bridgehead atoms. The second-order valence-corrected chi connectivity index (χ2v) is 13.8. The van der Waals surface area contributed by atoms with Gasteiger partial charge in [-0.15, -0.1) is 19.7 Å². The molecule has 0 aliphatic heterocycles. The maximum atomic E-state index is 11.7. The first-order valence-corrected chi connectivity index (χ1v) is 17.6. The van der Waals surface area contributed by atoms with Crippen LogP contribution in [-0.2, 0) is 29.6 Å². The Morgan fingerprint density at radius 2 is 1.35 bits per heavy atom. The zero-order valence-corrected chi connectivity index (χ0v) is 28.6. The van der Waals surface area contributed by atoms with Crippen molar-refractivity contribution in [1.29, 1.82) is 0 Å². The van der Waals surface area contributed by atoms with E-state index in [1.54, 1.807) is 43.3 Å². The molecule has 0 aromatic heterocycles. The Hall–Kier alpha value is -5.39. The summed E-state index contributed by atoms with van der Waals surface area (Å²) in [5, 5.41) is 48.4. The van der Waals surface area contributed by atoms with Crippen molar-refractivity contribution in [2.45, 2.75) is 21.6 Å². The van der Waals surface area contributed by atoms with E-state index in [0.717, 1.165) is 12.1 Å². The fourth-order valence-corrected chi connectivity index (χ4v) is 6.29. The highest BCUT2D eigenvalue weighted by molar-refractivity contribution is 7.94. The molecule has 0 radical (unpaired) electrons. The third-order valence-corrected chi connectivity index (χ3v) is 9.33. The number of anilines is 1. The van der Waals surface area contributed by atoms with Gasteiger partial charge in [0.2, 0.25) is 0 Å². The number of aryl methyl sites for hydroxylation is 1. The second kappa shape index (κ2) is 15.2. The van der Waals surface area contributed by atoms with E-state index >= 15 is 0 Å². The predicted molar refractivity (Wildman–Crippen MR) is 183 cm³/mol.